The van der Waals surface area contributed by atoms with E-state index in [0.717, 1.165) is 5.56 Å². The molecule has 0 bridgehead atoms. The third-order valence-electron chi connectivity index (χ3n) is 3.27. The monoisotopic (exact) mass is 279 g/mol. The number of hydrogen-bond acceptors (Lipinski definition) is 5. The van der Waals surface area contributed by atoms with Crippen LogP contribution in [0.1, 0.15) is 18.9 Å². The van der Waals surface area contributed by atoms with Crippen molar-refractivity contribution in [2.45, 2.75) is 19.8 Å². The Balaban J connectivity index is 2.30. The Bertz CT molecular complexity index is 545. The molecule has 0 aromatic heterocycles. The molecule has 1 amide bonds. The van der Waals surface area contributed by atoms with Crippen molar-refractivity contribution in [2.75, 3.05) is 23.8 Å². The Labute approximate surface area is 116 Å². The van der Waals surface area contributed by atoms with Crippen LogP contribution in [0.25, 0.3) is 0 Å². The van der Waals surface area contributed by atoms with E-state index in [1.54, 1.807) is 6.07 Å². The van der Waals surface area contributed by atoms with Crippen LogP contribution in [0, 0.1) is 16.0 Å². The highest BCUT2D eigenvalue weighted by molar-refractivity contribution is 5.95. The Kier molecular flexibility index (Phi) is 4.19. The van der Waals surface area contributed by atoms with Crippen LogP contribution in [0.15, 0.2) is 12.1 Å². The summed E-state index contributed by atoms with van der Waals surface area (Å²) in [5, 5.41) is 25.8. The topological polar surface area (TPSA) is 104 Å². The van der Waals surface area contributed by atoms with E-state index < -0.39 is 4.92 Å². The molecule has 0 saturated carbocycles. The smallest absolute Gasteiger partial charge is 0.292 e. The molecule has 1 aromatic rings. The zero-order valence-electron chi connectivity index (χ0n) is 11.2. The lowest BCUT2D eigenvalue weighted by Gasteiger charge is -2.19. The number of carbonyl (C=O) groups excluding carboxylic acids is 1. The second kappa shape index (κ2) is 5.87. The Morgan fingerprint density at radius 3 is 2.90 bits per heavy atom. The molecule has 0 fully saturated rings. The number of carbonyl (C=O) groups is 1. The van der Waals surface area contributed by atoms with Gasteiger partial charge >= 0.3 is 0 Å². The van der Waals surface area contributed by atoms with Crippen LogP contribution in [0.4, 0.5) is 17.1 Å². The predicted molar refractivity (Wildman–Crippen MR) is 74.8 cm³/mol. The van der Waals surface area contributed by atoms with Gasteiger partial charge in [0, 0.05) is 31.3 Å². The van der Waals surface area contributed by atoms with Crippen molar-refractivity contribution in [1.82, 2.24) is 0 Å². The van der Waals surface area contributed by atoms with Crippen LogP contribution in [-0.4, -0.2) is 29.1 Å². The second-order valence-electron chi connectivity index (χ2n) is 5.00. The maximum Gasteiger partial charge on any atom is 0.292 e. The SMILES string of the molecule is CC(CO)CNc1cc2c(cc1[N+](=O)[O-])CCC(=O)N2. The third kappa shape index (κ3) is 3.05. The van der Waals surface area contributed by atoms with Crippen LogP contribution in [0.3, 0.4) is 0 Å². The van der Waals surface area contributed by atoms with Gasteiger partial charge in [0.2, 0.25) is 5.91 Å². The molecule has 1 aliphatic heterocycles. The van der Waals surface area contributed by atoms with Gasteiger partial charge in [-0.05, 0) is 24.0 Å². The van der Waals surface area contributed by atoms with Crippen molar-refractivity contribution in [3.63, 3.8) is 0 Å². The number of aryl methyl sites for hydroxylation is 1. The molecular weight excluding hydrogens is 262 g/mol. The van der Waals surface area contributed by atoms with Crippen molar-refractivity contribution < 1.29 is 14.8 Å². The van der Waals surface area contributed by atoms with Gasteiger partial charge in [-0.1, -0.05) is 6.92 Å². The minimum absolute atomic E-state index is 0.00245. The standard InChI is InChI=1S/C13H17N3O4/c1-8(7-17)6-14-11-5-10-9(2-3-13(18)15-10)4-12(11)16(19)20/h4-5,8,14,17H,2-3,6-7H2,1H3,(H,15,18). The maximum absolute atomic E-state index is 11.4. The predicted octanol–water partition coefficient (Wildman–Crippen LogP) is 1.52. The van der Waals surface area contributed by atoms with Crippen molar-refractivity contribution in [1.29, 1.82) is 0 Å². The number of nitro groups is 1. The number of aliphatic hydroxyl groups excluding tert-OH is 1. The number of rotatable bonds is 5. The fourth-order valence-corrected chi connectivity index (χ4v) is 2.06. The summed E-state index contributed by atoms with van der Waals surface area (Å²) in [7, 11) is 0. The number of fused-ring (bicyclic) bond motifs is 1. The molecule has 0 aliphatic carbocycles. The Morgan fingerprint density at radius 1 is 1.50 bits per heavy atom. The summed E-state index contributed by atoms with van der Waals surface area (Å²) in [4.78, 5) is 22.0. The molecule has 1 atom stereocenters. The quantitative estimate of drug-likeness (QED) is 0.560. The minimum atomic E-state index is -0.442. The summed E-state index contributed by atoms with van der Waals surface area (Å²) in [6.07, 6.45) is 0.855. The minimum Gasteiger partial charge on any atom is -0.396 e. The fraction of sp³-hybridized carbons (Fsp3) is 0.462. The van der Waals surface area contributed by atoms with E-state index in [1.807, 2.05) is 6.92 Å². The lowest BCUT2D eigenvalue weighted by molar-refractivity contribution is -0.384. The zero-order valence-corrected chi connectivity index (χ0v) is 11.2. The summed E-state index contributed by atoms with van der Waals surface area (Å²) < 4.78 is 0. The lowest BCUT2D eigenvalue weighted by Crippen LogP contribution is -2.20. The molecule has 1 aliphatic rings. The number of amides is 1. The first-order chi connectivity index (χ1) is 9.51. The number of aliphatic hydroxyl groups is 1. The molecule has 2 rings (SSSR count). The zero-order chi connectivity index (χ0) is 14.7. The number of nitrogens with one attached hydrogen (secondary N) is 2. The van der Waals surface area contributed by atoms with Gasteiger partial charge in [0.1, 0.15) is 5.69 Å². The Hall–Kier alpha value is -2.15. The van der Waals surface area contributed by atoms with E-state index in [1.165, 1.54) is 6.07 Å². The van der Waals surface area contributed by atoms with E-state index in [4.69, 9.17) is 5.11 Å². The van der Waals surface area contributed by atoms with E-state index in [0.29, 0.717) is 30.8 Å². The van der Waals surface area contributed by atoms with Crippen molar-refractivity contribution >= 4 is 23.0 Å². The van der Waals surface area contributed by atoms with Crippen LogP contribution < -0.4 is 10.6 Å². The summed E-state index contributed by atoms with van der Waals surface area (Å²) in [5.74, 6) is -0.0961. The van der Waals surface area contributed by atoms with Crippen molar-refractivity contribution in [3.05, 3.63) is 27.8 Å². The van der Waals surface area contributed by atoms with E-state index >= 15 is 0 Å². The molecule has 0 spiro atoms. The van der Waals surface area contributed by atoms with Gasteiger partial charge in [-0.25, -0.2) is 0 Å². The largest absolute Gasteiger partial charge is 0.396 e. The van der Waals surface area contributed by atoms with Gasteiger partial charge in [-0.15, -0.1) is 0 Å². The average Bonchev–Trinajstić information content (AvgIpc) is 2.43. The van der Waals surface area contributed by atoms with E-state index in [-0.39, 0.29) is 24.1 Å². The molecule has 7 heteroatoms. The van der Waals surface area contributed by atoms with Gasteiger partial charge in [-0.2, -0.15) is 0 Å². The highest BCUT2D eigenvalue weighted by atomic mass is 16.6. The first-order valence-electron chi connectivity index (χ1n) is 6.47. The van der Waals surface area contributed by atoms with E-state index in [2.05, 4.69) is 10.6 Å². The van der Waals surface area contributed by atoms with Gasteiger partial charge in [0.05, 0.1) is 4.92 Å². The third-order valence-corrected chi connectivity index (χ3v) is 3.27. The van der Waals surface area contributed by atoms with Crippen LogP contribution in [-0.2, 0) is 11.2 Å². The summed E-state index contributed by atoms with van der Waals surface area (Å²) in [6.45, 7) is 2.26. The highest BCUT2D eigenvalue weighted by Gasteiger charge is 2.22. The van der Waals surface area contributed by atoms with Crippen molar-refractivity contribution in [2.24, 2.45) is 5.92 Å². The molecule has 20 heavy (non-hydrogen) atoms. The highest BCUT2D eigenvalue weighted by Crippen LogP contribution is 2.34. The number of nitrogens with zero attached hydrogens (tertiary/aromatic N) is 1. The number of benzene rings is 1. The second-order valence-corrected chi connectivity index (χ2v) is 5.00. The molecule has 1 unspecified atom stereocenters. The molecule has 0 radical (unpaired) electrons. The van der Waals surface area contributed by atoms with Gasteiger partial charge in [0.25, 0.3) is 5.69 Å². The van der Waals surface area contributed by atoms with Crippen LogP contribution in [0.5, 0.6) is 0 Å². The molecule has 108 valence electrons. The lowest BCUT2D eigenvalue weighted by atomic mass is 10.0. The first kappa shape index (κ1) is 14.3. The molecule has 3 N–H and O–H groups in total. The molecular formula is C13H17N3O4. The molecule has 1 aromatic carbocycles. The number of nitro benzene ring substituents is 1. The van der Waals surface area contributed by atoms with Crippen LogP contribution >= 0.6 is 0 Å². The molecule has 0 saturated heterocycles. The summed E-state index contributed by atoms with van der Waals surface area (Å²) in [6, 6.07) is 3.09. The van der Waals surface area contributed by atoms with Crippen molar-refractivity contribution in [3.8, 4) is 0 Å². The van der Waals surface area contributed by atoms with Gasteiger partial charge in [-0.3, -0.25) is 14.9 Å². The first-order valence-corrected chi connectivity index (χ1v) is 6.47. The summed E-state index contributed by atoms with van der Waals surface area (Å²) in [5.41, 5.74) is 1.74. The Morgan fingerprint density at radius 2 is 2.25 bits per heavy atom. The average molecular weight is 279 g/mol. The van der Waals surface area contributed by atoms with E-state index in [9.17, 15) is 14.9 Å². The van der Waals surface area contributed by atoms with Gasteiger partial charge < -0.3 is 15.7 Å². The molecule has 7 nitrogen and oxygen atoms in total. The normalized spacial score (nSPS) is 15.2. The maximum atomic E-state index is 11.4. The number of anilines is 2. The fourth-order valence-electron chi connectivity index (χ4n) is 2.06. The van der Waals surface area contributed by atoms with Crippen LogP contribution in [0.2, 0.25) is 0 Å². The summed E-state index contributed by atoms with van der Waals surface area (Å²) >= 11 is 0. The number of hydrogen-bond donors (Lipinski definition) is 3. The van der Waals surface area contributed by atoms with Gasteiger partial charge in [0.15, 0.2) is 0 Å². The molecule has 1 heterocycles.